The van der Waals surface area contributed by atoms with Gasteiger partial charge >= 0.3 is 0 Å². The highest BCUT2D eigenvalue weighted by Crippen LogP contribution is 2.06. The maximum absolute atomic E-state index is 12.0. The van der Waals surface area contributed by atoms with E-state index >= 15 is 0 Å². The lowest BCUT2D eigenvalue weighted by molar-refractivity contribution is 0.102. The molecule has 2 heterocycles. The molecule has 20 heavy (non-hydrogen) atoms. The maximum Gasteiger partial charge on any atom is 0.278 e. The number of hydrogen-bond acceptors (Lipinski definition) is 6. The van der Waals surface area contributed by atoms with Gasteiger partial charge in [0.25, 0.3) is 5.91 Å². The third-order valence-electron chi connectivity index (χ3n) is 2.46. The molecule has 1 amide bonds. The van der Waals surface area contributed by atoms with Crippen molar-refractivity contribution in [2.75, 3.05) is 17.2 Å². The van der Waals surface area contributed by atoms with Gasteiger partial charge in [0.1, 0.15) is 5.82 Å². The normalized spacial score (nSPS) is 10.2. The molecule has 0 fully saturated rings. The highest BCUT2D eigenvalue weighted by Gasteiger charge is 2.10. The Morgan fingerprint density at radius 3 is 2.40 bits per heavy atom. The van der Waals surface area contributed by atoms with Crippen LogP contribution >= 0.6 is 0 Å². The summed E-state index contributed by atoms with van der Waals surface area (Å²) in [7, 11) is 0. The molecule has 2 aromatic rings. The van der Waals surface area contributed by atoms with E-state index in [1.165, 1.54) is 0 Å². The number of nitrogens with zero attached hydrogens (tertiary/aromatic N) is 4. The summed E-state index contributed by atoms with van der Waals surface area (Å²) in [5.74, 6) is 0.516. The number of nitrogens with one attached hydrogen (secondary N) is 2. The van der Waals surface area contributed by atoms with Gasteiger partial charge in [0, 0.05) is 17.9 Å². The molecule has 0 unspecified atom stereocenters. The number of carbonyl (C=O) groups is 1. The summed E-state index contributed by atoms with van der Waals surface area (Å²) in [6.45, 7) is 6.39. The van der Waals surface area contributed by atoms with Crippen LogP contribution in [0.25, 0.3) is 0 Å². The van der Waals surface area contributed by atoms with Crippen molar-refractivity contribution >= 4 is 17.7 Å². The predicted octanol–water partition coefficient (Wildman–Crippen LogP) is 1.57. The fourth-order valence-corrected chi connectivity index (χ4v) is 1.68. The van der Waals surface area contributed by atoms with Crippen LogP contribution < -0.4 is 10.6 Å². The smallest absolute Gasteiger partial charge is 0.278 e. The van der Waals surface area contributed by atoms with E-state index in [9.17, 15) is 4.79 Å². The molecule has 2 N–H and O–H groups in total. The second-order valence-electron chi connectivity index (χ2n) is 4.26. The van der Waals surface area contributed by atoms with Crippen molar-refractivity contribution in [1.29, 1.82) is 0 Å². The SMILES string of the molecule is CCNc1ccc(C(=O)Nc2nc(C)cc(C)n2)nn1. The minimum absolute atomic E-state index is 0.217. The van der Waals surface area contributed by atoms with Gasteiger partial charge in [-0.2, -0.15) is 0 Å². The van der Waals surface area contributed by atoms with Gasteiger partial charge in [-0.3, -0.25) is 10.1 Å². The molecule has 0 aliphatic rings. The highest BCUT2D eigenvalue weighted by molar-refractivity contribution is 6.01. The Morgan fingerprint density at radius 2 is 1.85 bits per heavy atom. The minimum atomic E-state index is -0.384. The third kappa shape index (κ3) is 3.47. The van der Waals surface area contributed by atoms with Crippen LogP contribution in [0.3, 0.4) is 0 Å². The number of amides is 1. The lowest BCUT2D eigenvalue weighted by Gasteiger charge is -2.05. The molecular weight excluding hydrogens is 256 g/mol. The average Bonchev–Trinajstić information content (AvgIpc) is 2.38. The van der Waals surface area contributed by atoms with Gasteiger partial charge in [-0.15, -0.1) is 10.2 Å². The first kappa shape index (κ1) is 13.9. The van der Waals surface area contributed by atoms with Gasteiger partial charge in [-0.1, -0.05) is 0 Å². The molecule has 0 atom stereocenters. The van der Waals surface area contributed by atoms with E-state index < -0.39 is 0 Å². The zero-order valence-corrected chi connectivity index (χ0v) is 11.6. The molecule has 0 spiro atoms. The molecule has 0 aromatic carbocycles. The molecule has 0 bridgehead atoms. The van der Waals surface area contributed by atoms with E-state index in [0.717, 1.165) is 17.9 Å². The zero-order valence-electron chi connectivity index (χ0n) is 11.6. The first-order valence-electron chi connectivity index (χ1n) is 6.29. The third-order valence-corrected chi connectivity index (χ3v) is 2.46. The van der Waals surface area contributed by atoms with Crippen molar-refractivity contribution in [1.82, 2.24) is 20.2 Å². The average molecular weight is 272 g/mol. The van der Waals surface area contributed by atoms with Crippen LogP contribution in [0.1, 0.15) is 28.8 Å². The van der Waals surface area contributed by atoms with Crippen molar-refractivity contribution in [2.45, 2.75) is 20.8 Å². The molecule has 0 aliphatic heterocycles. The molecule has 104 valence electrons. The predicted molar refractivity (Wildman–Crippen MR) is 75.7 cm³/mol. The van der Waals surface area contributed by atoms with Gasteiger partial charge in [-0.25, -0.2) is 9.97 Å². The minimum Gasteiger partial charge on any atom is -0.369 e. The second-order valence-corrected chi connectivity index (χ2v) is 4.26. The molecule has 7 nitrogen and oxygen atoms in total. The summed E-state index contributed by atoms with van der Waals surface area (Å²) in [5.41, 5.74) is 1.80. The molecule has 0 saturated heterocycles. The lowest BCUT2D eigenvalue weighted by Crippen LogP contribution is -2.17. The standard InChI is InChI=1S/C13H16N6O/c1-4-14-11-6-5-10(18-19-11)12(20)17-13-15-8(2)7-9(3)16-13/h5-7H,4H2,1-3H3,(H,14,19)(H,15,16,17,20). The molecule has 7 heteroatoms. The number of aromatic nitrogens is 4. The van der Waals surface area contributed by atoms with E-state index in [-0.39, 0.29) is 17.5 Å². The van der Waals surface area contributed by atoms with E-state index in [2.05, 4.69) is 30.8 Å². The Morgan fingerprint density at radius 1 is 1.15 bits per heavy atom. The van der Waals surface area contributed by atoms with Crippen LogP contribution in [0.4, 0.5) is 11.8 Å². The van der Waals surface area contributed by atoms with Crippen molar-refractivity contribution < 1.29 is 4.79 Å². The van der Waals surface area contributed by atoms with Gasteiger partial charge in [0.05, 0.1) is 0 Å². The summed E-state index contributed by atoms with van der Waals surface area (Å²) in [4.78, 5) is 20.3. The highest BCUT2D eigenvalue weighted by atomic mass is 16.2. The van der Waals surface area contributed by atoms with Crippen molar-refractivity contribution in [3.8, 4) is 0 Å². The Labute approximate surface area is 116 Å². The molecular formula is C13H16N6O. The molecule has 0 saturated carbocycles. The monoisotopic (exact) mass is 272 g/mol. The van der Waals surface area contributed by atoms with Crippen LogP contribution in [0.2, 0.25) is 0 Å². The quantitative estimate of drug-likeness (QED) is 0.877. The van der Waals surface area contributed by atoms with Gasteiger partial charge in [0.15, 0.2) is 5.69 Å². The number of aryl methyl sites for hydroxylation is 2. The first-order valence-corrected chi connectivity index (χ1v) is 6.29. The molecule has 0 aliphatic carbocycles. The number of carbonyl (C=O) groups excluding carboxylic acids is 1. The fourth-order valence-electron chi connectivity index (χ4n) is 1.68. The van der Waals surface area contributed by atoms with Crippen molar-refractivity contribution in [3.05, 3.63) is 35.3 Å². The van der Waals surface area contributed by atoms with E-state index in [1.54, 1.807) is 12.1 Å². The number of anilines is 2. The first-order chi connectivity index (χ1) is 9.58. The Balaban J connectivity index is 2.11. The van der Waals surface area contributed by atoms with Crippen LogP contribution in [0.5, 0.6) is 0 Å². The van der Waals surface area contributed by atoms with E-state index in [1.807, 2.05) is 26.8 Å². The molecule has 2 aromatic heterocycles. The molecule has 2 rings (SSSR count). The number of rotatable bonds is 4. The summed E-state index contributed by atoms with van der Waals surface area (Å²) >= 11 is 0. The number of hydrogen-bond donors (Lipinski definition) is 2. The fraction of sp³-hybridized carbons (Fsp3) is 0.308. The zero-order chi connectivity index (χ0) is 14.5. The lowest BCUT2D eigenvalue weighted by atomic mass is 10.3. The van der Waals surface area contributed by atoms with Crippen LogP contribution in [-0.2, 0) is 0 Å². The largest absolute Gasteiger partial charge is 0.369 e. The van der Waals surface area contributed by atoms with Crippen LogP contribution in [0.15, 0.2) is 18.2 Å². The summed E-state index contributed by atoms with van der Waals surface area (Å²) in [5, 5.41) is 13.4. The van der Waals surface area contributed by atoms with Gasteiger partial charge in [0.2, 0.25) is 5.95 Å². The Hall–Kier alpha value is -2.57. The van der Waals surface area contributed by atoms with Gasteiger partial charge < -0.3 is 5.32 Å². The van der Waals surface area contributed by atoms with Crippen LogP contribution in [0, 0.1) is 13.8 Å². The summed E-state index contributed by atoms with van der Waals surface area (Å²) in [6.07, 6.45) is 0. The molecule has 0 radical (unpaired) electrons. The summed E-state index contributed by atoms with van der Waals surface area (Å²) < 4.78 is 0. The van der Waals surface area contributed by atoms with Gasteiger partial charge in [-0.05, 0) is 39.0 Å². The van der Waals surface area contributed by atoms with E-state index in [0.29, 0.717) is 5.82 Å². The maximum atomic E-state index is 12.0. The Kier molecular flexibility index (Phi) is 4.19. The van der Waals surface area contributed by atoms with Crippen molar-refractivity contribution in [2.24, 2.45) is 0 Å². The van der Waals surface area contributed by atoms with Crippen LogP contribution in [-0.4, -0.2) is 32.6 Å². The Bertz CT molecular complexity index is 591. The van der Waals surface area contributed by atoms with E-state index in [4.69, 9.17) is 0 Å². The van der Waals surface area contributed by atoms with Crippen molar-refractivity contribution in [3.63, 3.8) is 0 Å². The summed E-state index contributed by atoms with van der Waals surface area (Å²) in [6, 6.07) is 5.14. The topological polar surface area (TPSA) is 92.7 Å². The second kappa shape index (κ2) is 6.05.